The van der Waals surface area contributed by atoms with E-state index >= 15 is 0 Å². The van der Waals surface area contributed by atoms with Crippen molar-refractivity contribution in [3.63, 3.8) is 0 Å². The molecule has 2 heterocycles. The summed E-state index contributed by atoms with van der Waals surface area (Å²) in [6, 6.07) is 8.48. The predicted molar refractivity (Wildman–Crippen MR) is 88.5 cm³/mol. The first-order chi connectivity index (χ1) is 11.1. The van der Waals surface area contributed by atoms with Crippen LogP contribution in [0.4, 0.5) is 16.2 Å². The number of nitrogens with zero attached hydrogens (tertiary/aromatic N) is 1. The van der Waals surface area contributed by atoms with Gasteiger partial charge in [-0.05, 0) is 43.3 Å². The van der Waals surface area contributed by atoms with Gasteiger partial charge in [0.1, 0.15) is 11.4 Å². The van der Waals surface area contributed by atoms with Crippen LogP contribution in [-0.2, 0) is 0 Å². The van der Waals surface area contributed by atoms with Crippen LogP contribution < -0.4 is 15.4 Å². The number of anilines is 2. The van der Waals surface area contributed by atoms with Crippen molar-refractivity contribution >= 4 is 23.5 Å². The molecule has 0 spiro atoms. The second-order valence-electron chi connectivity index (χ2n) is 5.48. The molecular formula is C17H17N3O3. The highest BCUT2D eigenvalue weighted by Gasteiger charge is 2.26. The minimum Gasteiger partial charge on any atom is -0.480 e. The first kappa shape index (κ1) is 15.1. The fourth-order valence-corrected chi connectivity index (χ4v) is 2.22. The minimum absolute atomic E-state index is 0.101. The molecule has 6 heteroatoms. The third-order valence-corrected chi connectivity index (χ3v) is 3.46. The summed E-state index contributed by atoms with van der Waals surface area (Å²) in [5.74, 6) is 0.669. The fourth-order valence-electron chi connectivity index (χ4n) is 2.22. The van der Waals surface area contributed by atoms with Crippen molar-refractivity contribution in [1.82, 2.24) is 4.98 Å². The maximum Gasteiger partial charge on any atom is 0.323 e. The van der Waals surface area contributed by atoms with Crippen LogP contribution in [0.2, 0.25) is 0 Å². The highest BCUT2D eigenvalue weighted by atomic mass is 16.5. The van der Waals surface area contributed by atoms with Gasteiger partial charge in [-0.2, -0.15) is 0 Å². The number of aromatic nitrogens is 1. The van der Waals surface area contributed by atoms with Gasteiger partial charge in [0.15, 0.2) is 0 Å². The van der Waals surface area contributed by atoms with E-state index in [2.05, 4.69) is 15.6 Å². The van der Waals surface area contributed by atoms with Crippen LogP contribution in [0.25, 0.3) is 6.08 Å². The molecule has 6 nitrogen and oxygen atoms in total. The van der Waals surface area contributed by atoms with Gasteiger partial charge in [-0.3, -0.25) is 4.98 Å². The van der Waals surface area contributed by atoms with E-state index in [1.807, 2.05) is 12.1 Å². The monoisotopic (exact) mass is 311 g/mol. The van der Waals surface area contributed by atoms with Gasteiger partial charge in [-0.1, -0.05) is 6.08 Å². The number of pyridine rings is 1. The van der Waals surface area contributed by atoms with Crippen molar-refractivity contribution in [2.75, 3.05) is 17.2 Å². The smallest absolute Gasteiger partial charge is 0.323 e. The maximum absolute atomic E-state index is 12.0. The van der Waals surface area contributed by atoms with Crippen LogP contribution >= 0.6 is 0 Å². The Morgan fingerprint density at radius 2 is 2.13 bits per heavy atom. The number of amides is 2. The number of rotatable bonds is 3. The molecule has 23 heavy (non-hydrogen) atoms. The van der Waals surface area contributed by atoms with Crippen molar-refractivity contribution in [2.45, 2.75) is 12.5 Å². The summed E-state index contributed by atoms with van der Waals surface area (Å²) in [5, 5.41) is 14.8. The molecule has 3 N–H and O–H groups in total. The Labute approximate surface area is 133 Å². The van der Waals surface area contributed by atoms with Crippen molar-refractivity contribution in [2.24, 2.45) is 0 Å². The molecule has 0 radical (unpaired) electrons. The summed E-state index contributed by atoms with van der Waals surface area (Å²) in [7, 11) is 0. The fraction of sp³-hybridized carbons (Fsp3) is 0.176. The second-order valence-corrected chi connectivity index (χ2v) is 5.48. The molecular weight excluding hydrogens is 294 g/mol. The molecule has 2 aromatic rings. The maximum atomic E-state index is 12.0. The molecule has 1 aromatic carbocycles. The summed E-state index contributed by atoms with van der Waals surface area (Å²) < 4.78 is 5.75. The Kier molecular flexibility index (Phi) is 3.99. The number of carbonyl (C=O) groups excluding carboxylic acids is 1. The SMILES string of the molecule is CC1(CO)C=Cc2cc(NC(=O)Nc3cccnc3)ccc2O1. The lowest BCUT2D eigenvalue weighted by molar-refractivity contribution is 0.0641. The molecule has 3 rings (SSSR count). The average molecular weight is 311 g/mol. The van der Waals surface area contributed by atoms with E-state index < -0.39 is 5.60 Å². The molecule has 0 saturated carbocycles. The van der Waals surface area contributed by atoms with Gasteiger partial charge >= 0.3 is 6.03 Å². The quantitative estimate of drug-likeness (QED) is 0.814. The van der Waals surface area contributed by atoms with Crippen LogP contribution in [0, 0.1) is 0 Å². The average Bonchev–Trinajstić information content (AvgIpc) is 2.56. The van der Waals surface area contributed by atoms with Crippen molar-refractivity contribution < 1.29 is 14.6 Å². The largest absolute Gasteiger partial charge is 0.480 e. The second kappa shape index (κ2) is 6.10. The first-order valence-electron chi connectivity index (χ1n) is 7.19. The summed E-state index contributed by atoms with van der Waals surface area (Å²) >= 11 is 0. The van der Waals surface area contributed by atoms with E-state index in [9.17, 15) is 9.90 Å². The highest BCUT2D eigenvalue weighted by molar-refractivity contribution is 5.99. The number of hydrogen-bond donors (Lipinski definition) is 3. The van der Waals surface area contributed by atoms with E-state index in [4.69, 9.17) is 4.74 Å². The first-order valence-corrected chi connectivity index (χ1v) is 7.19. The van der Waals surface area contributed by atoms with Crippen LogP contribution in [0.1, 0.15) is 12.5 Å². The third-order valence-electron chi connectivity index (χ3n) is 3.46. The lowest BCUT2D eigenvalue weighted by Gasteiger charge is -2.29. The van der Waals surface area contributed by atoms with Crippen LogP contribution in [0.15, 0.2) is 48.8 Å². The number of benzene rings is 1. The standard InChI is InChI=1S/C17H17N3O3/c1-17(11-21)7-6-12-9-13(4-5-15(12)23-17)19-16(22)20-14-3-2-8-18-10-14/h2-10,21H,11H2,1H3,(H2,19,20,22). The summed E-state index contributed by atoms with van der Waals surface area (Å²) in [4.78, 5) is 15.9. The van der Waals surface area contributed by atoms with Gasteiger partial charge in [0.05, 0.1) is 18.5 Å². The molecule has 1 unspecified atom stereocenters. The number of carbonyl (C=O) groups is 1. The van der Waals surface area contributed by atoms with Gasteiger partial charge < -0.3 is 20.5 Å². The topological polar surface area (TPSA) is 83.5 Å². The number of fused-ring (bicyclic) bond motifs is 1. The van der Waals surface area contributed by atoms with E-state index in [1.54, 1.807) is 49.7 Å². The minimum atomic E-state index is -0.709. The summed E-state index contributed by atoms with van der Waals surface area (Å²) in [6.45, 7) is 1.70. The normalized spacial score (nSPS) is 18.7. The molecule has 1 atom stereocenters. The van der Waals surface area contributed by atoms with Gasteiger partial charge in [-0.15, -0.1) is 0 Å². The molecule has 1 aliphatic rings. The number of aliphatic hydroxyl groups is 1. The van der Waals surface area contributed by atoms with Crippen molar-refractivity contribution in [3.05, 3.63) is 54.4 Å². The molecule has 2 amide bonds. The lowest BCUT2D eigenvalue weighted by atomic mass is 10.0. The zero-order valence-corrected chi connectivity index (χ0v) is 12.6. The number of hydrogen-bond acceptors (Lipinski definition) is 4. The van der Waals surface area contributed by atoms with Crippen molar-refractivity contribution in [3.8, 4) is 5.75 Å². The molecule has 118 valence electrons. The summed E-state index contributed by atoms with van der Waals surface area (Å²) in [6.07, 6.45) is 6.88. The molecule has 1 aromatic heterocycles. The molecule has 0 saturated heterocycles. The van der Waals surface area contributed by atoms with Gasteiger partial charge in [0.25, 0.3) is 0 Å². The number of nitrogens with one attached hydrogen (secondary N) is 2. The lowest BCUT2D eigenvalue weighted by Crippen LogP contribution is -2.35. The Hall–Kier alpha value is -2.86. The van der Waals surface area contributed by atoms with Gasteiger partial charge in [0, 0.05) is 17.4 Å². The van der Waals surface area contributed by atoms with Crippen LogP contribution in [0.3, 0.4) is 0 Å². The molecule has 1 aliphatic heterocycles. The van der Waals surface area contributed by atoms with Gasteiger partial charge in [-0.25, -0.2) is 4.79 Å². The van der Waals surface area contributed by atoms with E-state index in [0.29, 0.717) is 17.1 Å². The highest BCUT2D eigenvalue weighted by Crippen LogP contribution is 2.32. The van der Waals surface area contributed by atoms with Crippen LogP contribution in [-0.4, -0.2) is 28.3 Å². The Bertz CT molecular complexity index is 746. The van der Waals surface area contributed by atoms with Gasteiger partial charge in [0.2, 0.25) is 0 Å². The number of ether oxygens (including phenoxy) is 1. The summed E-state index contributed by atoms with van der Waals surface area (Å²) in [5.41, 5.74) is 1.39. The zero-order valence-electron chi connectivity index (χ0n) is 12.6. The predicted octanol–water partition coefficient (Wildman–Crippen LogP) is 2.88. The Morgan fingerprint density at radius 3 is 2.87 bits per heavy atom. The van der Waals surface area contributed by atoms with Crippen molar-refractivity contribution in [1.29, 1.82) is 0 Å². The van der Waals surface area contributed by atoms with Crippen LogP contribution in [0.5, 0.6) is 5.75 Å². The number of aliphatic hydroxyl groups excluding tert-OH is 1. The molecule has 0 aliphatic carbocycles. The number of urea groups is 1. The van der Waals surface area contributed by atoms with E-state index in [1.165, 1.54) is 0 Å². The Balaban J connectivity index is 1.70. The molecule has 0 fully saturated rings. The molecule has 0 bridgehead atoms. The Morgan fingerprint density at radius 1 is 1.30 bits per heavy atom. The third kappa shape index (κ3) is 3.49. The van der Waals surface area contributed by atoms with E-state index in [-0.39, 0.29) is 12.6 Å². The van der Waals surface area contributed by atoms with E-state index in [0.717, 1.165) is 5.56 Å². The zero-order chi connectivity index (χ0) is 16.3.